The van der Waals surface area contributed by atoms with E-state index in [9.17, 15) is 4.79 Å². The van der Waals surface area contributed by atoms with Crippen molar-refractivity contribution < 1.29 is 14.4 Å². The predicted octanol–water partition coefficient (Wildman–Crippen LogP) is 3.91. The second kappa shape index (κ2) is 4.12. The molecule has 0 aliphatic carbocycles. The van der Waals surface area contributed by atoms with Gasteiger partial charge in [-0.25, -0.2) is 4.79 Å². The summed E-state index contributed by atoms with van der Waals surface area (Å²) in [5.41, 5.74) is -0.0968. The van der Waals surface area contributed by atoms with Crippen LogP contribution in [-0.4, -0.2) is 16.2 Å². The number of rotatable bonds is 2. The smallest absolute Gasteiger partial charge is 0.358 e. The van der Waals surface area contributed by atoms with Crippen LogP contribution in [-0.2, 0) is 0 Å². The topological polar surface area (TPSA) is 63.3 Å². The van der Waals surface area contributed by atoms with Crippen molar-refractivity contribution in [1.29, 1.82) is 0 Å². The molecule has 2 heterocycles. The van der Waals surface area contributed by atoms with Gasteiger partial charge in [0.15, 0.2) is 11.5 Å². The van der Waals surface area contributed by atoms with Gasteiger partial charge in [0, 0.05) is 15.8 Å². The summed E-state index contributed by atoms with van der Waals surface area (Å²) < 4.78 is 6.04. The zero-order valence-electron chi connectivity index (χ0n) is 8.88. The van der Waals surface area contributed by atoms with Crippen LogP contribution >= 0.6 is 22.9 Å². The third-order valence-electron chi connectivity index (χ3n) is 2.45. The molecule has 3 aromatic rings. The largest absolute Gasteiger partial charge is 0.476 e. The Morgan fingerprint density at radius 1 is 1.33 bits per heavy atom. The fraction of sp³-hybridized carbons (Fsp3) is 0. The first kappa shape index (κ1) is 11.3. The summed E-state index contributed by atoms with van der Waals surface area (Å²) in [5, 5.41) is 14.0. The standard InChI is InChI=1S/C12H6ClNO3S/c13-7-2-1-6-3-11(18-10(6)4-7)9-5-8(12(15)16)14-17-9/h1-5H,(H,15,16). The Bertz CT molecular complexity index is 747. The average Bonchev–Trinajstić information content (AvgIpc) is 2.93. The van der Waals surface area contributed by atoms with E-state index >= 15 is 0 Å². The van der Waals surface area contributed by atoms with E-state index in [1.165, 1.54) is 17.4 Å². The number of carbonyl (C=O) groups is 1. The molecule has 18 heavy (non-hydrogen) atoms. The molecule has 0 radical (unpaired) electrons. The summed E-state index contributed by atoms with van der Waals surface area (Å²) >= 11 is 7.39. The van der Waals surface area contributed by atoms with E-state index in [4.69, 9.17) is 21.2 Å². The van der Waals surface area contributed by atoms with Crippen LogP contribution in [0.4, 0.5) is 0 Å². The van der Waals surface area contributed by atoms with Gasteiger partial charge in [-0.3, -0.25) is 0 Å². The molecule has 0 aliphatic rings. The van der Waals surface area contributed by atoms with Crippen LogP contribution < -0.4 is 0 Å². The Hall–Kier alpha value is -1.85. The Morgan fingerprint density at radius 2 is 2.17 bits per heavy atom. The molecule has 90 valence electrons. The van der Waals surface area contributed by atoms with E-state index in [1.54, 1.807) is 0 Å². The van der Waals surface area contributed by atoms with Gasteiger partial charge in [0.1, 0.15) is 0 Å². The molecule has 0 saturated heterocycles. The third kappa shape index (κ3) is 1.87. The van der Waals surface area contributed by atoms with E-state index in [0.717, 1.165) is 15.0 Å². The first-order valence-corrected chi connectivity index (χ1v) is 6.22. The molecule has 0 atom stereocenters. The minimum Gasteiger partial charge on any atom is -0.476 e. The van der Waals surface area contributed by atoms with E-state index in [1.807, 2.05) is 24.3 Å². The summed E-state index contributed by atoms with van der Waals surface area (Å²) in [6.07, 6.45) is 0. The van der Waals surface area contributed by atoms with Gasteiger partial charge < -0.3 is 9.63 Å². The lowest BCUT2D eigenvalue weighted by atomic mass is 10.2. The van der Waals surface area contributed by atoms with Crippen molar-refractivity contribution in [2.45, 2.75) is 0 Å². The lowest BCUT2D eigenvalue weighted by Crippen LogP contribution is -1.94. The monoisotopic (exact) mass is 279 g/mol. The Kier molecular flexibility index (Phi) is 2.57. The van der Waals surface area contributed by atoms with Gasteiger partial charge in [-0.2, -0.15) is 0 Å². The molecule has 1 aromatic carbocycles. The van der Waals surface area contributed by atoms with Crippen molar-refractivity contribution in [1.82, 2.24) is 5.16 Å². The molecule has 3 rings (SSSR count). The molecule has 0 amide bonds. The maximum atomic E-state index is 10.7. The highest BCUT2D eigenvalue weighted by molar-refractivity contribution is 7.22. The highest BCUT2D eigenvalue weighted by Gasteiger charge is 2.14. The number of thiophene rings is 1. The lowest BCUT2D eigenvalue weighted by Gasteiger charge is -1.87. The number of aromatic nitrogens is 1. The highest BCUT2D eigenvalue weighted by Crippen LogP contribution is 2.35. The Labute approximate surface area is 110 Å². The van der Waals surface area contributed by atoms with Crippen molar-refractivity contribution in [3.63, 3.8) is 0 Å². The van der Waals surface area contributed by atoms with Gasteiger partial charge in [-0.15, -0.1) is 11.3 Å². The van der Waals surface area contributed by atoms with Gasteiger partial charge in [0.25, 0.3) is 0 Å². The molecule has 0 saturated carbocycles. The van der Waals surface area contributed by atoms with Gasteiger partial charge in [-0.1, -0.05) is 22.8 Å². The molecule has 0 bridgehead atoms. The summed E-state index contributed by atoms with van der Waals surface area (Å²) in [6, 6.07) is 8.91. The van der Waals surface area contributed by atoms with Gasteiger partial charge in [0.05, 0.1) is 4.88 Å². The quantitative estimate of drug-likeness (QED) is 0.772. The van der Waals surface area contributed by atoms with Crippen LogP contribution in [0.3, 0.4) is 0 Å². The first-order chi connectivity index (χ1) is 8.63. The number of hydrogen-bond donors (Lipinski definition) is 1. The predicted molar refractivity (Wildman–Crippen MR) is 69.3 cm³/mol. The van der Waals surface area contributed by atoms with Crippen LogP contribution in [0.15, 0.2) is 34.9 Å². The summed E-state index contributed by atoms with van der Waals surface area (Å²) in [5.74, 6) is -0.654. The van der Waals surface area contributed by atoms with Crippen molar-refractivity contribution >= 4 is 39.0 Å². The number of carboxylic acids is 1. The van der Waals surface area contributed by atoms with Gasteiger partial charge >= 0.3 is 5.97 Å². The molecular weight excluding hydrogens is 274 g/mol. The van der Waals surface area contributed by atoms with Crippen molar-refractivity contribution in [2.75, 3.05) is 0 Å². The zero-order chi connectivity index (χ0) is 12.7. The molecule has 2 aromatic heterocycles. The molecular formula is C12H6ClNO3S. The summed E-state index contributed by atoms with van der Waals surface area (Å²) in [7, 11) is 0. The van der Waals surface area contributed by atoms with Crippen LogP contribution in [0.5, 0.6) is 0 Å². The van der Waals surface area contributed by atoms with Crippen LogP contribution in [0.25, 0.3) is 20.7 Å². The highest BCUT2D eigenvalue weighted by atomic mass is 35.5. The number of hydrogen-bond acceptors (Lipinski definition) is 4. The Morgan fingerprint density at radius 3 is 2.89 bits per heavy atom. The van der Waals surface area contributed by atoms with Crippen molar-refractivity contribution in [3.8, 4) is 10.6 Å². The maximum absolute atomic E-state index is 10.7. The molecule has 0 spiro atoms. The molecule has 4 nitrogen and oxygen atoms in total. The molecule has 0 unspecified atom stereocenters. The molecule has 0 aliphatic heterocycles. The minimum atomic E-state index is -1.10. The number of halogens is 1. The van der Waals surface area contributed by atoms with Gasteiger partial charge in [-0.05, 0) is 23.6 Å². The second-order valence-corrected chi connectivity index (χ2v) is 5.19. The van der Waals surface area contributed by atoms with Crippen molar-refractivity contribution in [3.05, 3.63) is 41.0 Å². The molecule has 1 N–H and O–H groups in total. The van der Waals surface area contributed by atoms with E-state index in [0.29, 0.717) is 10.8 Å². The Balaban J connectivity index is 2.10. The van der Waals surface area contributed by atoms with Crippen LogP contribution in [0.2, 0.25) is 5.02 Å². The number of fused-ring (bicyclic) bond motifs is 1. The van der Waals surface area contributed by atoms with E-state index < -0.39 is 5.97 Å². The molecule has 0 fully saturated rings. The average molecular weight is 280 g/mol. The van der Waals surface area contributed by atoms with Crippen LogP contribution in [0, 0.1) is 0 Å². The fourth-order valence-corrected chi connectivity index (χ4v) is 2.91. The van der Waals surface area contributed by atoms with Gasteiger partial charge in [0.2, 0.25) is 0 Å². The SMILES string of the molecule is O=C(O)c1cc(-c2cc3ccc(Cl)cc3s2)on1. The number of aromatic carboxylic acids is 1. The fourth-order valence-electron chi connectivity index (χ4n) is 1.62. The number of carboxylic acid groups (broad SMARTS) is 1. The zero-order valence-corrected chi connectivity index (χ0v) is 10.5. The summed E-state index contributed by atoms with van der Waals surface area (Å²) in [6.45, 7) is 0. The third-order valence-corrected chi connectivity index (χ3v) is 3.80. The number of benzene rings is 1. The van der Waals surface area contributed by atoms with E-state index in [-0.39, 0.29) is 5.69 Å². The minimum absolute atomic E-state index is 0.0968. The first-order valence-electron chi connectivity index (χ1n) is 5.03. The van der Waals surface area contributed by atoms with E-state index in [2.05, 4.69) is 5.16 Å². The normalized spacial score (nSPS) is 10.9. The van der Waals surface area contributed by atoms with Crippen molar-refractivity contribution in [2.24, 2.45) is 0 Å². The second-order valence-electron chi connectivity index (χ2n) is 3.67. The molecule has 6 heteroatoms. The number of nitrogens with zero attached hydrogens (tertiary/aromatic N) is 1. The maximum Gasteiger partial charge on any atom is 0.358 e. The summed E-state index contributed by atoms with van der Waals surface area (Å²) in [4.78, 5) is 11.6. The van der Waals surface area contributed by atoms with Crippen LogP contribution in [0.1, 0.15) is 10.5 Å². The lowest BCUT2D eigenvalue weighted by molar-refractivity contribution is 0.0686.